The number of halogens is 1. The van der Waals surface area contributed by atoms with E-state index in [1.807, 2.05) is 24.1 Å². The molecule has 2 heterocycles. The number of fused-ring (bicyclic) bond motifs is 1. The van der Waals surface area contributed by atoms with Crippen LogP contribution in [0.5, 0.6) is 0 Å². The molecule has 1 fully saturated rings. The second-order valence-corrected chi connectivity index (χ2v) is 9.26. The molecular formula is C25H42IN5O. The van der Waals surface area contributed by atoms with Crippen molar-refractivity contribution in [3.05, 3.63) is 35.4 Å². The van der Waals surface area contributed by atoms with E-state index in [9.17, 15) is 4.79 Å². The molecule has 1 aromatic carbocycles. The predicted octanol–water partition coefficient (Wildman–Crippen LogP) is 3.99. The molecule has 1 atom stereocenters. The number of rotatable bonds is 8. The molecule has 180 valence electrons. The zero-order chi connectivity index (χ0) is 22.1. The topological polar surface area (TPSA) is 60.0 Å². The van der Waals surface area contributed by atoms with E-state index in [2.05, 4.69) is 46.5 Å². The van der Waals surface area contributed by atoms with Gasteiger partial charge in [0.2, 0.25) is 5.91 Å². The van der Waals surface area contributed by atoms with Gasteiger partial charge >= 0.3 is 0 Å². The highest BCUT2D eigenvalue weighted by Crippen LogP contribution is 2.23. The number of carbonyl (C=O) groups is 1. The Labute approximate surface area is 211 Å². The van der Waals surface area contributed by atoms with Gasteiger partial charge < -0.3 is 15.5 Å². The van der Waals surface area contributed by atoms with Crippen molar-refractivity contribution >= 4 is 35.8 Å². The average molecular weight is 556 g/mol. The van der Waals surface area contributed by atoms with Crippen molar-refractivity contribution in [2.75, 3.05) is 33.2 Å². The van der Waals surface area contributed by atoms with Gasteiger partial charge in [0.15, 0.2) is 5.96 Å². The lowest BCUT2D eigenvalue weighted by Crippen LogP contribution is -2.49. The number of nitrogens with zero attached hydrogens (tertiary/aromatic N) is 3. The van der Waals surface area contributed by atoms with Crippen LogP contribution in [0.25, 0.3) is 0 Å². The van der Waals surface area contributed by atoms with Crippen molar-refractivity contribution in [2.45, 2.75) is 71.5 Å². The largest absolute Gasteiger partial charge is 0.356 e. The van der Waals surface area contributed by atoms with Crippen LogP contribution in [0.4, 0.5) is 0 Å². The monoisotopic (exact) mass is 555 g/mol. The molecule has 1 unspecified atom stereocenters. The number of nitrogens with one attached hydrogen (secondary N) is 2. The lowest BCUT2D eigenvalue weighted by atomic mass is 10.0. The number of hydrogen-bond acceptors (Lipinski definition) is 3. The first-order chi connectivity index (χ1) is 15.1. The normalized spacial score (nSPS) is 18.0. The van der Waals surface area contributed by atoms with E-state index < -0.39 is 0 Å². The van der Waals surface area contributed by atoms with Crippen molar-refractivity contribution < 1.29 is 4.79 Å². The summed E-state index contributed by atoms with van der Waals surface area (Å²) in [6.07, 6.45) is 6.73. The van der Waals surface area contributed by atoms with Gasteiger partial charge in [-0.05, 0) is 49.4 Å². The molecule has 3 rings (SSSR count). The summed E-state index contributed by atoms with van der Waals surface area (Å²) in [6.45, 7) is 10.2. The maximum absolute atomic E-state index is 12.6. The summed E-state index contributed by atoms with van der Waals surface area (Å²) in [5.41, 5.74) is 2.56. The SMILES string of the molecule is CN=C(NCCCC(=O)N1Cc2ccccc2C1)NCC(C(C)C)N1CCCCCC1.I. The highest BCUT2D eigenvalue weighted by atomic mass is 127. The van der Waals surface area contributed by atoms with Crippen LogP contribution in [-0.4, -0.2) is 60.9 Å². The Bertz CT molecular complexity index is 706. The summed E-state index contributed by atoms with van der Waals surface area (Å²) in [5.74, 6) is 1.68. The third kappa shape index (κ3) is 7.90. The van der Waals surface area contributed by atoms with Gasteiger partial charge in [-0.15, -0.1) is 24.0 Å². The molecular weight excluding hydrogens is 513 g/mol. The number of aliphatic imine (C=N–C) groups is 1. The Morgan fingerprint density at radius 1 is 1.03 bits per heavy atom. The van der Waals surface area contributed by atoms with E-state index in [0.29, 0.717) is 18.4 Å². The molecule has 0 saturated carbocycles. The molecule has 1 saturated heterocycles. The second-order valence-electron chi connectivity index (χ2n) is 9.26. The number of amides is 1. The summed E-state index contributed by atoms with van der Waals surface area (Å²) >= 11 is 0. The van der Waals surface area contributed by atoms with Crippen molar-refractivity contribution in [1.82, 2.24) is 20.4 Å². The van der Waals surface area contributed by atoms with Gasteiger partial charge in [0.25, 0.3) is 0 Å². The quantitative estimate of drug-likeness (QED) is 0.221. The van der Waals surface area contributed by atoms with Gasteiger partial charge in [-0.2, -0.15) is 0 Å². The number of guanidine groups is 1. The average Bonchev–Trinajstić information content (AvgIpc) is 3.03. The number of hydrogen-bond donors (Lipinski definition) is 2. The fraction of sp³-hybridized carbons (Fsp3) is 0.680. The fourth-order valence-electron chi connectivity index (χ4n) is 4.75. The minimum Gasteiger partial charge on any atom is -0.356 e. The van der Waals surface area contributed by atoms with Crippen LogP contribution >= 0.6 is 24.0 Å². The molecule has 2 aliphatic heterocycles. The number of carbonyl (C=O) groups excluding carboxylic acids is 1. The third-order valence-electron chi connectivity index (χ3n) is 6.63. The van der Waals surface area contributed by atoms with Crippen LogP contribution in [0.15, 0.2) is 29.3 Å². The van der Waals surface area contributed by atoms with E-state index >= 15 is 0 Å². The summed E-state index contributed by atoms with van der Waals surface area (Å²) in [6, 6.07) is 8.86. The zero-order valence-corrected chi connectivity index (χ0v) is 22.4. The van der Waals surface area contributed by atoms with Crippen LogP contribution in [0.2, 0.25) is 0 Å². The Hall–Kier alpha value is -1.35. The summed E-state index contributed by atoms with van der Waals surface area (Å²) in [4.78, 5) is 21.6. The van der Waals surface area contributed by atoms with Gasteiger partial charge in [-0.1, -0.05) is 51.0 Å². The number of likely N-dealkylation sites (tertiary alicyclic amines) is 1. The van der Waals surface area contributed by atoms with E-state index in [4.69, 9.17) is 0 Å². The van der Waals surface area contributed by atoms with E-state index in [0.717, 1.165) is 38.6 Å². The van der Waals surface area contributed by atoms with Crippen molar-refractivity contribution in [1.29, 1.82) is 0 Å². The van der Waals surface area contributed by atoms with E-state index in [1.165, 1.54) is 49.9 Å². The standard InChI is InChI=1S/C25H41N5O.HI/c1-20(2)23(29-15-8-4-5-9-16-29)17-28-25(26-3)27-14-10-13-24(31)30-18-21-11-6-7-12-22(21)19-30;/h6-7,11-12,20,23H,4-5,8-10,13-19H2,1-3H3,(H2,26,27,28);1H. The highest BCUT2D eigenvalue weighted by molar-refractivity contribution is 14.0. The van der Waals surface area contributed by atoms with Gasteiger partial charge in [-0.25, -0.2) is 0 Å². The number of benzene rings is 1. The van der Waals surface area contributed by atoms with Crippen LogP contribution in [0, 0.1) is 5.92 Å². The molecule has 6 nitrogen and oxygen atoms in total. The highest BCUT2D eigenvalue weighted by Gasteiger charge is 2.24. The minimum atomic E-state index is 0. The van der Waals surface area contributed by atoms with E-state index in [-0.39, 0.29) is 29.9 Å². The maximum atomic E-state index is 12.6. The summed E-state index contributed by atoms with van der Waals surface area (Å²) in [7, 11) is 1.82. The molecule has 0 aromatic heterocycles. The van der Waals surface area contributed by atoms with Crippen molar-refractivity contribution in [3.8, 4) is 0 Å². The molecule has 0 aliphatic carbocycles. The Morgan fingerprint density at radius 2 is 1.66 bits per heavy atom. The molecule has 0 spiro atoms. The lowest BCUT2D eigenvalue weighted by molar-refractivity contribution is -0.131. The third-order valence-corrected chi connectivity index (χ3v) is 6.63. The first kappa shape index (κ1) is 26.9. The van der Waals surface area contributed by atoms with Crippen molar-refractivity contribution in [3.63, 3.8) is 0 Å². The van der Waals surface area contributed by atoms with Gasteiger partial charge in [0.1, 0.15) is 0 Å². The Balaban J connectivity index is 0.00000363. The molecule has 2 aliphatic rings. The maximum Gasteiger partial charge on any atom is 0.223 e. The Morgan fingerprint density at radius 3 is 2.22 bits per heavy atom. The molecule has 1 aromatic rings. The smallest absolute Gasteiger partial charge is 0.223 e. The summed E-state index contributed by atoms with van der Waals surface area (Å²) in [5, 5.41) is 6.92. The predicted molar refractivity (Wildman–Crippen MR) is 143 cm³/mol. The molecule has 0 bridgehead atoms. The fourth-order valence-corrected chi connectivity index (χ4v) is 4.75. The van der Waals surface area contributed by atoms with Gasteiger partial charge in [0.05, 0.1) is 0 Å². The van der Waals surface area contributed by atoms with Crippen molar-refractivity contribution in [2.24, 2.45) is 10.9 Å². The van der Waals surface area contributed by atoms with Crippen LogP contribution in [0.3, 0.4) is 0 Å². The second kappa shape index (κ2) is 14.0. The first-order valence-corrected chi connectivity index (χ1v) is 12.1. The van der Waals surface area contributed by atoms with Gasteiger partial charge in [-0.3, -0.25) is 14.7 Å². The minimum absolute atomic E-state index is 0. The molecule has 2 N–H and O–H groups in total. The summed E-state index contributed by atoms with van der Waals surface area (Å²) < 4.78 is 0. The lowest BCUT2D eigenvalue weighted by Gasteiger charge is -2.34. The molecule has 1 amide bonds. The molecule has 32 heavy (non-hydrogen) atoms. The van der Waals surface area contributed by atoms with Crippen LogP contribution in [0.1, 0.15) is 63.5 Å². The molecule has 7 heteroatoms. The van der Waals surface area contributed by atoms with Crippen LogP contribution in [-0.2, 0) is 17.9 Å². The zero-order valence-electron chi connectivity index (χ0n) is 20.1. The Kier molecular flexibility index (Phi) is 11.8. The van der Waals surface area contributed by atoms with E-state index in [1.54, 1.807) is 0 Å². The van der Waals surface area contributed by atoms with Gasteiger partial charge in [0, 0.05) is 45.7 Å². The first-order valence-electron chi connectivity index (χ1n) is 12.1. The molecule has 0 radical (unpaired) electrons. The van der Waals surface area contributed by atoms with Crippen LogP contribution < -0.4 is 10.6 Å².